The van der Waals surface area contributed by atoms with Gasteiger partial charge in [-0.25, -0.2) is 9.97 Å². The number of benzene rings is 7. The maximum absolute atomic E-state index is 6.60. The summed E-state index contributed by atoms with van der Waals surface area (Å²) in [5.41, 5.74) is 9.12. The lowest BCUT2D eigenvalue weighted by molar-refractivity contribution is 0.664. The summed E-state index contributed by atoms with van der Waals surface area (Å²) >= 11 is 0. The molecule has 0 atom stereocenters. The average molecular weight is 562 g/mol. The summed E-state index contributed by atoms with van der Waals surface area (Å²) in [6.07, 6.45) is 0. The van der Waals surface area contributed by atoms with Crippen LogP contribution in [0.5, 0.6) is 0 Å². The minimum atomic E-state index is 0.654. The molecule has 7 aromatic carbocycles. The molecule has 0 N–H and O–H groups in total. The number of hydrogen-bond acceptors (Lipinski definition) is 3. The summed E-state index contributed by atoms with van der Waals surface area (Å²) < 4.78 is 8.83. The first kappa shape index (κ1) is 23.6. The Morgan fingerprint density at radius 1 is 0.432 bits per heavy atom. The van der Waals surface area contributed by atoms with Gasteiger partial charge in [-0.15, -0.1) is 0 Å². The highest BCUT2D eigenvalue weighted by Gasteiger charge is 2.23. The third-order valence-corrected chi connectivity index (χ3v) is 8.98. The number of hydrogen-bond donors (Lipinski definition) is 0. The third kappa shape index (κ3) is 3.22. The fourth-order valence-electron chi connectivity index (χ4n) is 7.02. The van der Waals surface area contributed by atoms with E-state index in [1.165, 1.54) is 21.9 Å². The van der Waals surface area contributed by atoms with E-state index in [1.54, 1.807) is 0 Å². The molecule has 4 heteroatoms. The van der Waals surface area contributed by atoms with E-state index in [-0.39, 0.29) is 0 Å². The standard InChI is InChI=1S/C40H23N3O/c1-2-8-24(9-3-1)25-16-18-28(19-17-25)39-29-12-4-5-13-30(29)41-40(42-39)43-31-22-20-26-10-6-14-33-35(26)37(31)38-32(43)23-21-27-11-7-15-34(44-33)36(27)38/h1-23H. The molecule has 0 aliphatic heterocycles. The van der Waals surface area contributed by atoms with E-state index in [4.69, 9.17) is 14.4 Å². The van der Waals surface area contributed by atoms with Crippen LogP contribution in [-0.4, -0.2) is 14.5 Å². The van der Waals surface area contributed by atoms with E-state index >= 15 is 0 Å². The molecule has 0 aliphatic carbocycles. The molecule has 204 valence electrons. The Bertz CT molecular complexity index is 2600. The molecule has 0 saturated heterocycles. The van der Waals surface area contributed by atoms with Crippen molar-refractivity contribution in [2.24, 2.45) is 0 Å². The number of para-hydroxylation sites is 1. The second-order valence-electron chi connectivity index (χ2n) is 11.4. The van der Waals surface area contributed by atoms with Crippen molar-refractivity contribution in [2.45, 2.75) is 0 Å². The maximum Gasteiger partial charge on any atom is 0.235 e. The Morgan fingerprint density at radius 2 is 1.02 bits per heavy atom. The Kier molecular flexibility index (Phi) is 4.69. The molecule has 10 rings (SSSR count). The quantitative estimate of drug-likeness (QED) is 0.215. The van der Waals surface area contributed by atoms with Crippen molar-refractivity contribution < 1.29 is 4.42 Å². The van der Waals surface area contributed by atoms with Gasteiger partial charge in [0.2, 0.25) is 5.95 Å². The van der Waals surface area contributed by atoms with Crippen molar-refractivity contribution in [3.8, 4) is 28.3 Å². The molecule has 3 aromatic heterocycles. The lowest BCUT2D eigenvalue weighted by Crippen LogP contribution is -2.03. The number of fused-ring (bicyclic) bond motifs is 1. The zero-order valence-corrected chi connectivity index (χ0v) is 23.5. The molecule has 0 spiro atoms. The van der Waals surface area contributed by atoms with Gasteiger partial charge in [-0.05, 0) is 52.2 Å². The van der Waals surface area contributed by atoms with Gasteiger partial charge in [0.05, 0.1) is 22.2 Å². The molecular formula is C40H23N3O. The van der Waals surface area contributed by atoms with E-state index in [9.17, 15) is 0 Å². The van der Waals surface area contributed by atoms with Crippen LogP contribution in [0.1, 0.15) is 0 Å². The Morgan fingerprint density at radius 3 is 1.70 bits per heavy atom. The lowest BCUT2D eigenvalue weighted by Gasteiger charge is -2.12. The summed E-state index contributed by atoms with van der Waals surface area (Å²) in [5.74, 6) is 0.654. The van der Waals surface area contributed by atoms with Gasteiger partial charge in [-0.1, -0.05) is 109 Å². The Labute approximate surface area is 251 Å². The Hall–Kier alpha value is -6.00. The molecular weight excluding hydrogens is 538 g/mol. The molecule has 0 aliphatic rings. The van der Waals surface area contributed by atoms with Crippen molar-refractivity contribution in [1.82, 2.24) is 14.5 Å². The smallest absolute Gasteiger partial charge is 0.235 e. The summed E-state index contributed by atoms with van der Waals surface area (Å²) in [4.78, 5) is 10.5. The van der Waals surface area contributed by atoms with E-state index in [0.717, 1.165) is 65.9 Å². The van der Waals surface area contributed by atoms with Gasteiger partial charge in [0, 0.05) is 32.5 Å². The summed E-state index contributed by atoms with van der Waals surface area (Å²) in [5, 5.41) is 7.92. The van der Waals surface area contributed by atoms with Crippen LogP contribution in [0.15, 0.2) is 144 Å². The minimum Gasteiger partial charge on any atom is -0.456 e. The molecule has 4 nitrogen and oxygen atoms in total. The fourth-order valence-corrected chi connectivity index (χ4v) is 7.02. The van der Waals surface area contributed by atoms with Crippen LogP contribution in [0, 0.1) is 0 Å². The second-order valence-corrected chi connectivity index (χ2v) is 11.4. The zero-order chi connectivity index (χ0) is 28.8. The molecule has 0 radical (unpaired) electrons. The topological polar surface area (TPSA) is 43.9 Å². The van der Waals surface area contributed by atoms with Crippen LogP contribution < -0.4 is 0 Å². The predicted octanol–water partition coefficient (Wildman–Crippen LogP) is 10.6. The van der Waals surface area contributed by atoms with E-state index < -0.39 is 0 Å². The molecule has 0 bridgehead atoms. The number of rotatable bonds is 3. The molecule has 0 fully saturated rings. The summed E-state index contributed by atoms with van der Waals surface area (Å²) in [6, 6.07) is 48.8. The van der Waals surface area contributed by atoms with E-state index in [1.807, 2.05) is 12.1 Å². The molecule has 0 unspecified atom stereocenters. The van der Waals surface area contributed by atoms with E-state index in [2.05, 4.69) is 132 Å². The van der Waals surface area contributed by atoms with Crippen molar-refractivity contribution in [2.75, 3.05) is 0 Å². The van der Waals surface area contributed by atoms with Gasteiger partial charge in [0.1, 0.15) is 11.2 Å². The maximum atomic E-state index is 6.60. The minimum absolute atomic E-state index is 0.654. The van der Waals surface area contributed by atoms with Gasteiger partial charge in [0.15, 0.2) is 0 Å². The lowest BCUT2D eigenvalue weighted by atomic mass is 10.00. The van der Waals surface area contributed by atoms with Gasteiger partial charge in [-0.2, -0.15) is 0 Å². The van der Waals surface area contributed by atoms with Crippen LogP contribution >= 0.6 is 0 Å². The zero-order valence-electron chi connectivity index (χ0n) is 23.5. The first-order valence-electron chi connectivity index (χ1n) is 14.8. The molecule has 0 amide bonds. The first-order chi connectivity index (χ1) is 21.8. The van der Waals surface area contributed by atoms with Crippen molar-refractivity contribution in [3.05, 3.63) is 140 Å². The summed E-state index contributed by atoms with van der Waals surface area (Å²) in [6.45, 7) is 0. The highest BCUT2D eigenvalue weighted by atomic mass is 16.3. The molecule has 0 saturated carbocycles. The van der Waals surface area contributed by atoms with Crippen molar-refractivity contribution in [3.63, 3.8) is 0 Å². The van der Waals surface area contributed by atoms with Crippen LogP contribution in [0.25, 0.3) is 93.8 Å². The van der Waals surface area contributed by atoms with Crippen LogP contribution in [0.2, 0.25) is 0 Å². The SMILES string of the molecule is c1ccc(-c2ccc(-c3nc(-n4c5ccc6cccc7oc8cccc9ccc4c(c98)c5c67)nc4ccccc34)cc2)cc1. The first-order valence-corrected chi connectivity index (χ1v) is 14.8. The fraction of sp³-hybridized carbons (Fsp3) is 0. The third-order valence-electron chi connectivity index (χ3n) is 8.98. The van der Waals surface area contributed by atoms with Gasteiger partial charge >= 0.3 is 0 Å². The average Bonchev–Trinajstić information content (AvgIpc) is 3.35. The highest BCUT2D eigenvalue weighted by molar-refractivity contribution is 6.33. The van der Waals surface area contributed by atoms with Crippen LogP contribution in [-0.2, 0) is 0 Å². The normalized spacial score (nSPS) is 12.1. The monoisotopic (exact) mass is 561 g/mol. The number of aromatic nitrogens is 3. The Balaban J connectivity index is 1.31. The van der Waals surface area contributed by atoms with E-state index in [0.29, 0.717) is 5.95 Å². The second kappa shape index (κ2) is 8.76. The van der Waals surface area contributed by atoms with Gasteiger partial charge in [-0.3, -0.25) is 4.57 Å². The number of nitrogens with zero attached hydrogens (tertiary/aromatic N) is 3. The predicted molar refractivity (Wildman–Crippen MR) is 181 cm³/mol. The highest BCUT2D eigenvalue weighted by Crippen LogP contribution is 2.44. The van der Waals surface area contributed by atoms with Crippen LogP contribution in [0.4, 0.5) is 0 Å². The molecule has 44 heavy (non-hydrogen) atoms. The van der Waals surface area contributed by atoms with Gasteiger partial charge in [0.25, 0.3) is 0 Å². The largest absolute Gasteiger partial charge is 0.456 e. The molecule has 3 heterocycles. The van der Waals surface area contributed by atoms with Crippen LogP contribution in [0.3, 0.4) is 0 Å². The van der Waals surface area contributed by atoms with Crippen molar-refractivity contribution in [1.29, 1.82) is 0 Å². The van der Waals surface area contributed by atoms with Crippen molar-refractivity contribution >= 4 is 65.4 Å². The summed E-state index contributed by atoms with van der Waals surface area (Å²) in [7, 11) is 0. The van der Waals surface area contributed by atoms with Gasteiger partial charge < -0.3 is 4.42 Å². The molecule has 10 aromatic rings.